The summed E-state index contributed by atoms with van der Waals surface area (Å²) in [5.41, 5.74) is -0.268. The quantitative estimate of drug-likeness (QED) is 0.626. The lowest BCUT2D eigenvalue weighted by molar-refractivity contribution is 0.128. The van der Waals surface area contributed by atoms with Gasteiger partial charge >= 0.3 is 6.09 Å². The third-order valence-corrected chi connectivity index (χ3v) is 1.01. The van der Waals surface area contributed by atoms with Gasteiger partial charge in [-0.1, -0.05) is 0 Å². The number of carbonyl (C=O) groups excluding carboxylic acids is 1. The van der Waals surface area contributed by atoms with Crippen LogP contribution in [-0.4, -0.2) is 30.0 Å². The summed E-state index contributed by atoms with van der Waals surface area (Å²) >= 11 is 0. The molecule has 0 rings (SSSR count). The number of hydrogen-bond donors (Lipinski definition) is 2. The molecule has 0 spiro atoms. The van der Waals surface area contributed by atoms with Crippen molar-refractivity contribution in [2.75, 3.05) is 13.2 Å². The van der Waals surface area contributed by atoms with Gasteiger partial charge in [0.2, 0.25) is 0 Å². The topological polar surface area (TPSA) is 58.6 Å². The highest BCUT2D eigenvalue weighted by Crippen LogP contribution is 1.98. The van der Waals surface area contributed by atoms with Crippen LogP contribution in [0.5, 0.6) is 0 Å². The molecule has 0 saturated heterocycles. The van der Waals surface area contributed by atoms with Crippen LogP contribution in [0, 0.1) is 0 Å². The Kier molecular flexibility index (Phi) is 4.66. The standard InChI is InChI=1S/C8H17NO3/c1-8(2,3)9-7(11)12-6-4-5-10/h10H,4-6H2,1-3H3,(H,9,11). The van der Waals surface area contributed by atoms with E-state index < -0.39 is 6.09 Å². The van der Waals surface area contributed by atoms with Gasteiger partial charge in [0, 0.05) is 18.6 Å². The number of ether oxygens (including phenoxy) is 1. The fourth-order valence-electron chi connectivity index (χ4n) is 0.572. The van der Waals surface area contributed by atoms with E-state index in [0.29, 0.717) is 6.42 Å². The van der Waals surface area contributed by atoms with Crippen molar-refractivity contribution in [3.8, 4) is 0 Å². The number of aliphatic hydroxyl groups excluding tert-OH is 1. The van der Waals surface area contributed by atoms with Gasteiger partial charge in [0.25, 0.3) is 0 Å². The van der Waals surface area contributed by atoms with Crippen LogP contribution in [0.2, 0.25) is 0 Å². The van der Waals surface area contributed by atoms with Crippen molar-refractivity contribution in [1.29, 1.82) is 0 Å². The molecule has 0 aliphatic heterocycles. The van der Waals surface area contributed by atoms with E-state index in [-0.39, 0.29) is 18.8 Å². The van der Waals surface area contributed by atoms with E-state index in [2.05, 4.69) is 5.32 Å². The maximum absolute atomic E-state index is 10.9. The Bertz CT molecular complexity index is 140. The third kappa shape index (κ3) is 7.34. The van der Waals surface area contributed by atoms with Crippen LogP contribution < -0.4 is 5.32 Å². The minimum atomic E-state index is -0.434. The first-order valence-corrected chi connectivity index (χ1v) is 4.01. The van der Waals surface area contributed by atoms with Crippen LogP contribution in [0.4, 0.5) is 4.79 Å². The zero-order chi connectivity index (χ0) is 9.61. The van der Waals surface area contributed by atoms with Gasteiger partial charge in [-0.15, -0.1) is 0 Å². The summed E-state index contributed by atoms with van der Waals surface area (Å²) in [6.45, 7) is 5.93. The summed E-state index contributed by atoms with van der Waals surface area (Å²) in [5, 5.41) is 11.0. The first-order valence-electron chi connectivity index (χ1n) is 4.01. The molecule has 0 aromatic heterocycles. The van der Waals surface area contributed by atoms with Gasteiger partial charge in [-0.3, -0.25) is 0 Å². The highest BCUT2D eigenvalue weighted by molar-refractivity contribution is 5.67. The van der Waals surface area contributed by atoms with Gasteiger partial charge in [-0.25, -0.2) is 4.79 Å². The number of aliphatic hydroxyl groups is 1. The molecule has 0 aromatic carbocycles. The summed E-state index contributed by atoms with van der Waals surface area (Å²) in [5.74, 6) is 0. The molecule has 1 amide bonds. The van der Waals surface area contributed by atoms with Crippen molar-refractivity contribution in [1.82, 2.24) is 5.32 Å². The number of alkyl carbamates (subject to hydrolysis) is 1. The molecule has 0 fully saturated rings. The summed E-state index contributed by atoms with van der Waals surface area (Å²) in [6.07, 6.45) is 0.0494. The van der Waals surface area contributed by atoms with E-state index in [4.69, 9.17) is 9.84 Å². The molecule has 0 unspecified atom stereocenters. The number of hydrogen-bond acceptors (Lipinski definition) is 3. The van der Waals surface area contributed by atoms with Crippen LogP contribution in [0.1, 0.15) is 27.2 Å². The summed E-state index contributed by atoms with van der Waals surface area (Å²) < 4.78 is 4.75. The highest BCUT2D eigenvalue weighted by Gasteiger charge is 2.13. The Labute approximate surface area is 72.9 Å². The van der Waals surface area contributed by atoms with Crippen molar-refractivity contribution in [3.05, 3.63) is 0 Å². The van der Waals surface area contributed by atoms with Crippen LogP contribution >= 0.6 is 0 Å². The van der Waals surface area contributed by atoms with Gasteiger partial charge in [0.1, 0.15) is 0 Å². The van der Waals surface area contributed by atoms with Crippen LogP contribution in [0.25, 0.3) is 0 Å². The summed E-state index contributed by atoms with van der Waals surface area (Å²) in [4.78, 5) is 10.9. The maximum atomic E-state index is 10.9. The van der Waals surface area contributed by atoms with Crippen LogP contribution in [0.15, 0.2) is 0 Å². The molecule has 0 atom stereocenters. The van der Waals surface area contributed by atoms with Gasteiger partial charge in [0.15, 0.2) is 0 Å². The van der Waals surface area contributed by atoms with Gasteiger partial charge in [-0.05, 0) is 20.8 Å². The Balaban J connectivity index is 3.47. The van der Waals surface area contributed by atoms with Crippen molar-refractivity contribution >= 4 is 6.09 Å². The smallest absolute Gasteiger partial charge is 0.407 e. The molecule has 12 heavy (non-hydrogen) atoms. The van der Waals surface area contributed by atoms with Gasteiger partial charge in [-0.2, -0.15) is 0 Å². The van der Waals surface area contributed by atoms with E-state index in [0.717, 1.165) is 0 Å². The Morgan fingerprint density at radius 3 is 2.50 bits per heavy atom. The molecule has 4 nitrogen and oxygen atoms in total. The second kappa shape index (κ2) is 4.98. The Hall–Kier alpha value is -0.770. The molecule has 0 radical (unpaired) electrons. The molecular formula is C8H17NO3. The molecule has 72 valence electrons. The van der Waals surface area contributed by atoms with Crippen LogP contribution in [-0.2, 0) is 4.74 Å². The minimum absolute atomic E-state index is 0.0444. The molecule has 0 bridgehead atoms. The number of rotatable bonds is 3. The lowest BCUT2D eigenvalue weighted by Gasteiger charge is -2.19. The largest absolute Gasteiger partial charge is 0.449 e. The lowest BCUT2D eigenvalue weighted by atomic mass is 10.1. The molecular weight excluding hydrogens is 158 g/mol. The average molecular weight is 175 g/mol. The fourth-order valence-corrected chi connectivity index (χ4v) is 0.572. The first-order chi connectivity index (χ1) is 5.45. The molecule has 4 heteroatoms. The van der Waals surface area contributed by atoms with E-state index in [1.807, 2.05) is 20.8 Å². The molecule has 2 N–H and O–H groups in total. The first kappa shape index (κ1) is 11.2. The molecule has 0 aliphatic carbocycles. The zero-order valence-electron chi connectivity index (χ0n) is 7.89. The van der Waals surface area contributed by atoms with E-state index in [1.165, 1.54) is 0 Å². The van der Waals surface area contributed by atoms with Crippen molar-refractivity contribution in [2.45, 2.75) is 32.7 Å². The third-order valence-electron chi connectivity index (χ3n) is 1.01. The van der Waals surface area contributed by atoms with Crippen molar-refractivity contribution in [3.63, 3.8) is 0 Å². The Morgan fingerprint density at radius 2 is 2.08 bits per heavy atom. The SMILES string of the molecule is CC(C)(C)NC(=O)OCCCO. The second-order valence-electron chi connectivity index (χ2n) is 3.59. The zero-order valence-corrected chi connectivity index (χ0v) is 7.89. The molecule has 0 saturated carbocycles. The summed E-state index contributed by atoms with van der Waals surface area (Å²) in [6, 6.07) is 0. The predicted octanol–water partition coefficient (Wildman–Crippen LogP) is 0.893. The van der Waals surface area contributed by atoms with Crippen molar-refractivity contribution in [2.24, 2.45) is 0 Å². The number of amides is 1. The molecule has 0 aromatic rings. The molecule has 0 aliphatic rings. The fraction of sp³-hybridized carbons (Fsp3) is 0.875. The Morgan fingerprint density at radius 1 is 1.50 bits per heavy atom. The predicted molar refractivity (Wildman–Crippen MR) is 45.9 cm³/mol. The highest BCUT2D eigenvalue weighted by atomic mass is 16.5. The minimum Gasteiger partial charge on any atom is -0.449 e. The molecule has 0 heterocycles. The summed E-state index contributed by atoms with van der Waals surface area (Å²) in [7, 11) is 0. The maximum Gasteiger partial charge on any atom is 0.407 e. The normalized spacial score (nSPS) is 11.0. The van der Waals surface area contributed by atoms with Gasteiger partial charge in [0.05, 0.1) is 6.61 Å². The average Bonchev–Trinajstić information content (AvgIpc) is 1.84. The van der Waals surface area contributed by atoms with E-state index in [9.17, 15) is 4.79 Å². The number of nitrogens with one attached hydrogen (secondary N) is 1. The van der Waals surface area contributed by atoms with Crippen molar-refractivity contribution < 1.29 is 14.6 Å². The van der Waals surface area contributed by atoms with E-state index >= 15 is 0 Å². The number of carbonyl (C=O) groups is 1. The van der Waals surface area contributed by atoms with Gasteiger partial charge < -0.3 is 15.2 Å². The lowest BCUT2D eigenvalue weighted by Crippen LogP contribution is -2.41. The monoisotopic (exact) mass is 175 g/mol. The van der Waals surface area contributed by atoms with Crippen LogP contribution in [0.3, 0.4) is 0 Å². The van der Waals surface area contributed by atoms with E-state index in [1.54, 1.807) is 0 Å². The second-order valence-corrected chi connectivity index (χ2v) is 3.59.